The molecule has 0 aromatic heterocycles. The van der Waals surface area contributed by atoms with Gasteiger partial charge in [0.1, 0.15) is 0 Å². The summed E-state index contributed by atoms with van der Waals surface area (Å²) in [5.41, 5.74) is 0.988. The molecule has 0 aliphatic heterocycles. The molecule has 0 radical (unpaired) electrons. The second-order valence-electron chi connectivity index (χ2n) is 3.92. The Morgan fingerprint density at radius 2 is 1.88 bits per heavy atom. The molecule has 0 saturated heterocycles. The van der Waals surface area contributed by atoms with Gasteiger partial charge < -0.3 is 0 Å². The summed E-state index contributed by atoms with van der Waals surface area (Å²) in [5, 5.41) is 0. The van der Waals surface area contributed by atoms with Gasteiger partial charge in [0.25, 0.3) is 0 Å². The van der Waals surface area contributed by atoms with E-state index >= 15 is 0 Å². The van der Waals surface area contributed by atoms with Crippen LogP contribution in [-0.2, 0) is 10.0 Å². The van der Waals surface area contributed by atoms with Crippen molar-refractivity contribution in [2.45, 2.75) is 32.7 Å². The highest BCUT2D eigenvalue weighted by Crippen LogP contribution is 2.12. The Hall–Kier alpha value is -0.870. The van der Waals surface area contributed by atoms with Gasteiger partial charge in [-0.1, -0.05) is 43.7 Å². The molecule has 0 heterocycles. The van der Waals surface area contributed by atoms with Crippen LogP contribution >= 0.6 is 0 Å². The van der Waals surface area contributed by atoms with E-state index in [9.17, 15) is 8.42 Å². The van der Waals surface area contributed by atoms with E-state index in [1.165, 1.54) is 0 Å². The van der Waals surface area contributed by atoms with Gasteiger partial charge in [-0.15, -0.1) is 0 Å². The van der Waals surface area contributed by atoms with E-state index in [-0.39, 0.29) is 11.8 Å². The minimum atomic E-state index is -3.14. The minimum Gasteiger partial charge on any atom is -0.212 e. The SMILES string of the molecule is CCCCS(=O)(=O)N[C@H](C)c1ccccc1. The number of rotatable bonds is 6. The number of unbranched alkanes of at least 4 members (excludes halogenated alkanes) is 1. The van der Waals surface area contributed by atoms with Gasteiger partial charge in [0.2, 0.25) is 10.0 Å². The summed E-state index contributed by atoms with van der Waals surface area (Å²) in [6, 6.07) is 9.42. The molecule has 0 unspecified atom stereocenters. The largest absolute Gasteiger partial charge is 0.212 e. The fourth-order valence-corrected chi connectivity index (χ4v) is 2.93. The second kappa shape index (κ2) is 6.01. The number of benzene rings is 1. The van der Waals surface area contributed by atoms with Crippen molar-refractivity contribution in [3.63, 3.8) is 0 Å². The van der Waals surface area contributed by atoms with Crippen LogP contribution in [-0.4, -0.2) is 14.2 Å². The van der Waals surface area contributed by atoms with E-state index in [1.807, 2.05) is 44.2 Å². The zero-order chi connectivity index (χ0) is 12.0. The molecular weight excluding hydrogens is 222 g/mol. The van der Waals surface area contributed by atoms with Crippen molar-refractivity contribution >= 4 is 10.0 Å². The first-order valence-electron chi connectivity index (χ1n) is 5.60. The monoisotopic (exact) mass is 241 g/mol. The maximum atomic E-state index is 11.7. The average molecular weight is 241 g/mol. The lowest BCUT2D eigenvalue weighted by molar-refractivity contribution is 0.564. The van der Waals surface area contributed by atoms with E-state index in [4.69, 9.17) is 0 Å². The van der Waals surface area contributed by atoms with Crippen LogP contribution in [0.3, 0.4) is 0 Å². The normalized spacial score (nSPS) is 13.6. The molecule has 90 valence electrons. The Kier molecular flexibility index (Phi) is 4.96. The van der Waals surface area contributed by atoms with E-state index in [1.54, 1.807) is 0 Å². The van der Waals surface area contributed by atoms with Gasteiger partial charge in [-0.25, -0.2) is 13.1 Å². The Morgan fingerprint density at radius 3 is 2.44 bits per heavy atom. The number of sulfonamides is 1. The quantitative estimate of drug-likeness (QED) is 0.831. The number of hydrogen-bond donors (Lipinski definition) is 1. The van der Waals surface area contributed by atoms with Crippen molar-refractivity contribution in [2.75, 3.05) is 5.75 Å². The molecule has 0 amide bonds. The van der Waals surface area contributed by atoms with Gasteiger partial charge in [-0.3, -0.25) is 0 Å². The van der Waals surface area contributed by atoms with E-state index in [2.05, 4.69) is 4.72 Å². The van der Waals surface area contributed by atoms with Crippen molar-refractivity contribution < 1.29 is 8.42 Å². The highest BCUT2D eigenvalue weighted by atomic mass is 32.2. The topological polar surface area (TPSA) is 46.2 Å². The molecule has 4 heteroatoms. The highest BCUT2D eigenvalue weighted by Gasteiger charge is 2.14. The van der Waals surface area contributed by atoms with E-state index < -0.39 is 10.0 Å². The maximum absolute atomic E-state index is 11.7. The van der Waals surface area contributed by atoms with Gasteiger partial charge in [0.05, 0.1) is 5.75 Å². The summed E-state index contributed by atoms with van der Waals surface area (Å²) in [6.07, 6.45) is 1.59. The first kappa shape index (κ1) is 13.2. The molecule has 3 nitrogen and oxygen atoms in total. The van der Waals surface area contributed by atoms with E-state index in [0.717, 1.165) is 12.0 Å². The first-order valence-corrected chi connectivity index (χ1v) is 7.25. The van der Waals surface area contributed by atoms with Gasteiger partial charge in [0, 0.05) is 6.04 Å². The third kappa shape index (κ3) is 4.33. The molecule has 0 bridgehead atoms. The molecule has 0 saturated carbocycles. The smallest absolute Gasteiger partial charge is 0.212 e. The predicted octanol–water partition coefficient (Wildman–Crippen LogP) is 2.47. The van der Waals surface area contributed by atoms with Crippen molar-refractivity contribution in [1.82, 2.24) is 4.72 Å². The predicted molar refractivity (Wildman–Crippen MR) is 66.7 cm³/mol. The van der Waals surface area contributed by atoms with Crippen LogP contribution in [0.15, 0.2) is 30.3 Å². The lowest BCUT2D eigenvalue weighted by Crippen LogP contribution is -2.29. The Bertz CT molecular complexity index is 400. The second-order valence-corrected chi connectivity index (χ2v) is 5.80. The van der Waals surface area contributed by atoms with Crippen molar-refractivity contribution in [1.29, 1.82) is 0 Å². The fraction of sp³-hybridized carbons (Fsp3) is 0.500. The van der Waals surface area contributed by atoms with Crippen LogP contribution in [0.2, 0.25) is 0 Å². The van der Waals surface area contributed by atoms with Crippen molar-refractivity contribution in [3.05, 3.63) is 35.9 Å². The van der Waals surface area contributed by atoms with Crippen LogP contribution in [0.5, 0.6) is 0 Å². The molecule has 0 spiro atoms. The van der Waals surface area contributed by atoms with Crippen LogP contribution in [0.1, 0.15) is 38.3 Å². The maximum Gasteiger partial charge on any atom is 0.212 e. The zero-order valence-electron chi connectivity index (χ0n) is 9.81. The fourth-order valence-electron chi connectivity index (χ4n) is 1.47. The molecule has 1 atom stereocenters. The van der Waals surface area contributed by atoms with Gasteiger partial charge in [0.15, 0.2) is 0 Å². The molecular formula is C12H19NO2S. The number of nitrogens with one attached hydrogen (secondary N) is 1. The lowest BCUT2D eigenvalue weighted by atomic mass is 10.1. The average Bonchev–Trinajstić information content (AvgIpc) is 2.27. The summed E-state index contributed by atoms with van der Waals surface area (Å²) in [7, 11) is -3.14. The van der Waals surface area contributed by atoms with Crippen molar-refractivity contribution in [2.24, 2.45) is 0 Å². The van der Waals surface area contributed by atoms with Crippen LogP contribution in [0.4, 0.5) is 0 Å². The summed E-state index contributed by atoms with van der Waals surface area (Å²) in [5.74, 6) is 0.209. The van der Waals surface area contributed by atoms with Crippen LogP contribution in [0.25, 0.3) is 0 Å². The molecule has 1 aromatic rings. The molecule has 0 fully saturated rings. The Balaban J connectivity index is 2.61. The number of hydrogen-bond acceptors (Lipinski definition) is 2. The van der Waals surface area contributed by atoms with Gasteiger partial charge in [-0.2, -0.15) is 0 Å². The van der Waals surface area contributed by atoms with Gasteiger partial charge in [-0.05, 0) is 18.9 Å². The third-order valence-electron chi connectivity index (χ3n) is 2.42. The highest BCUT2D eigenvalue weighted by molar-refractivity contribution is 7.89. The summed E-state index contributed by atoms with van der Waals surface area (Å²) >= 11 is 0. The zero-order valence-corrected chi connectivity index (χ0v) is 10.6. The first-order chi connectivity index (χ1) is 7.55. The Labute approximate surface area is 97.9 Å². The van der Waals surface area contributed by atoms with Crippen molar-refractivity contribution in [3.8, 4) is 0 Å². The third-order valence-corrected chi connectivity index (χ3v) is 3.96. The lowest BCUT2D eigenvalue weighted by Gasteiger charge is -2.14. The van der Waals surface area contributed by atoms with Crippen LogP contribution < -0.4 is 4.72 Å². The standard InChI is InChI=1S/C12H19NO2S/c1-3-4-10-16(14,15)13-11(2)12-8-6-5-7-9-12/h5-9,11,13H,3-4,10H2,1-2H3/t11-/m1/s1. The Morgan fingerprint density at radius 1 is 1.25 bits per heavy atom. The van der Waals surface area contributed by atoms with Crippen LogP contribution in [0, 0.1) is 0 Å². The molecule has 1 aromatic carbocycles. The summed E-state index contributed by atoms with van der Waals surface area (Å²) < 4.78 is 26.0. The molecule has 1 N–H and O–H groups in total. The van der Waals surface area contributed by atoms with E-state index in [0.29, 0.717) is 6.42 Å². The minimum absolute atomic E-state index is 0.164. The summed E-state index contributed by atoms with van der Waals surface area (Å²) in [6.45, 7) is 3.84. The molecule has 0 aliphatic rings. The van der Waals surface area contributed by atoms with Gasteiger partial charge >= 0.3 is 0 Å². The summed E-state index contributed by atoms with van der Waals surface area (Å²) in [4.78, 5) is 0. The molecule has 1 rings (SSSR count). The molecule has 0 aliphatic carbocycles. The molecule has 16 heavy (non-hydrogen) atoms.